The van der Waals surface area contributed by atoms with Crippen LogP contribution in [0.5, 0.6) is 0 Å². The summed E-state index contributed by atoms with van der Waals surface area (Å²) in [6.07, 6.45) is 1.38. The van der Waals surface area contributed by atoms with E-state index in [0.717, 1.165) is 5.56 Å². The number of carbonyl (C=O) groups is 1. The number of aryl methyl sites for hydroxylation is 1. The molecule has 0 saturated carbocycles. The summed E-state index contributed by atoms with van der Waals surface area (Å²) in [7, 11) is 1.71. The maximum atomic E-state index is 11.9. The van der Waals surface area contributed by atoms with Crippen LogP contribution in [0.3, 0.4) is 0 Å². The molecule has 17 heavy (non-hydrogen) atoms. The summed E-state index contributed by atoms with van der Waals surface area (Å²) in [4.78, 5) is 15.8. The monoisotopic (exact) mass is 250 g/mol. The molecule has 88 valence electrons. The molecule has 2 aromatic rings. The highest BCUT2D eigenvalue weighted by atomic mass is 35.5. The molecule has 0 spiro atoms. The van der Waals surface area contributed by atoms with E-state index in [1.165, 1.54) is 11.0 Å². The zero-order valence-electron chi connectivity index (χ0n) is 9.22. The van der Waals surface area contributed by atoms with Gasteiger partial charge in [0.05, 0.1) is 0 Å². The van der Waals surface area contributed by atoms with Crippen LogP contribution in [0.2, 0.25) is 0 Å². The van der Waals surface area contributed by atoms with Gasteiger partial charge in [-0.25, -0.2) is 4.68 Å². The van der Waals surface area contributed by atoms with Crippen molar-refractivity contribution < 1.29 is 4.79 Å². The van der Waals surface area contributed by atoms with Crippen LogP contribution in [0.4, 0.5) is 5.95 Å². The molecule has 1 heterocycles. The summed E-state index contributed by atoms with van der Waals surface area (Å²) in [6, 6.07) is 7.13. The Bertz CT molecular complexity index is 538. The number of carbonyl (C=O) groups excluding carboxylic acids is 1. The van der Waals surface area contributed by atoms with Crippen molar-refractivity contribution >= 4 is 23.5 Å². The summed E-state index contributed by atoms with van der Waals surface area (Å²) in [5, 5.41) is 6.53. The SMILES string of the molecule is Cn1ncnc1NC(=O)c1cccc(CCl)c1. The lowest BCUT2D eigenvalue weighted by Crippen LogP contribution is -2.15. The highest BCUT2D eigenvalue weighted by Gasteiger charge is 2.09. The first kappa shape index (κ1) is 11.6. The molecular weight excluding hydrogens is 240 g/mol. The average Bonchev–Trinajstić information content (AvgIpc) is 2.75. The van der Waals surface area contributed by atoms with Gasteiger partial charge >= 0.3 is 0 Å². The van der Waals surface area contributed by atoms with Gasteiger partial charge in [0.15, 0.2) is 0 Å². The Kier molecular flexibility index (Phi) is 3.39. The van der Waals surface area contributed by atoms with Gasteiger partial charge < -0.3 is 0 Å². The molecule has 6 heteroatoms. The zero-order chi connectivity index (χ0) is 12.3. The predicted molar refractivity (Wildman–Crippen MR) is 65.0 cm³/mol. The van der Waals surface area contributed by atoms with Crippen LogP contribution >= 0.6 is 11.6 Å². The van der Waals surface area contributed by atoms with Crippen LogP contribution in [-0.4, -0.2) is 20.7 Å². The highest BCUT2D eigenvalue weighted by Crippen LogP contribution is 2.09. The number of amides is 1. The topological polar surface area (TPSA) is 59.8 Å². The van der Waals surface area contributed by atoms with Crippen LogP contribution in [0.15, 0.2) is 30.6 Å². The number of halogens is 1. The maximum absolute atomic E-state index is 11.9. The van der Waals surface area contributed by atoms with E-state index < -0.39 is 0 Å². The van der Waals surface area contributed by atoms with E-state index in [-0.39, 0.29) is 5.91 Å². The summed E-state index contributed by atoms with van der Waals surface area (Å²) >= 11 is 5.71. The van der Waals surface area contributed by atoms with Crippen molar-refractivity contribution in [3.8, 4) is 0 Å². The first-order chi connectivity index (χ1) is 8.20. The number of hydrogen-bond donors (Lipinski definition) is 1. The van der Waals surface area contributed by atoms with Crippen molar-refractivity contribution in [2.24, 2.45) is 7.05 Å². The molecule has 0 bridgehead atoms. The number of nitrogens with one attached hydrogen (secondary N) is 1. The predicted octanol–water partition coefficient (Wildman–Crippen LogP) is 1.81. The van der Waals surface area contributed by atoms with Gasteiger partial charge in [0.1, 0.15) is 6.33 Å². The summed E-state index contributed by atoms with van der Waals surface area (Å²) < 4.78 is 1.49. The van der Waals surface area contributed by atoms with E-state index in [4.69, 9.17) is 11.6 Å². The third-order valence-corrected chi connectivity index (χ3v) is 2.59. The number of rotatable bonds is 3. The molecule has 5 nitrogen and oxygen atoms in total. The van der Waals surface area contributed by atoms with Gasteiger partial charge in [-0.15, -0.1) is 11.6 Å². The number of anilines is 1. The Labute approximate surface area is 103 Å². The van der Waals surface area contributed by atoms with E-state index in [0.29, 0.717) is 17.4 Å². The second-order valence-corrected chi connectivity index (χ2v) is 3.76. The Hall–Kier alpha value is -1.88. The molecule has 1 amide bonds. The molecule has 1 N–H and O–H groups in total. The molecule has 1 aromatic heterocycles. The van der Waals surface area contributed by atoms with Crippen molar-refractivity contribution in [3.05, 3.63) is 41.7 Å². The standard InChI is InChI=1S/C11H11ClN4O/c1-16-11(13-7-14-16)15-10(17)9-4-2-3-8(5-9)6-12/h2-5,7H,6H2,1H3,(H,13,14,15,17). The fourth-order valence-corrected chi connectivity index (χ4v) is 1.55. The summed E-state index contributed by atoms with van der Waals surface area (Å²) in [5.41, 5.74) is 1.45. The fourth-order valence-electron chi connectivity index (χ4n) is 1.38. The minimum absolute atomic E-state index is 0.229. The Morgan fingerprint density at radius 1 is 1.53 bits per heavy atom. The van der Waals surface area contributed by atoms with Gasteiger partial charge in [-0.2, -0.15) is 10.1 Å². The van der Waals surface area contributed by atoms with Crippen molar-refractivity contribution in [2.45, 2.75) is 5.88 Å². The van der Waals surface area contributed by atoms with E-state index in [2.05, 4.69) is 15.4 Å². The van der Waals surface area contributed by atoms with Crippen LogP contribution in [0.25, 0.3) is 0 Å². The van der Waals surface area contributed by atoms with Crippen molar-refractivity contribution in [3.63, 3.8) is 0 Å². The molecule has 0 saturated heterocycles. The lowest BCUT2D eigenvalue weighted by molar-refractivity contribution is 0.102. The van der Waals surface area contributed by atoms with Crippen molar-refractivity contribution in [2.75, 3.05) is 5.32 Å². The Balaban J connectivity index is 2.17. The number of hydrogen-bond acceptors (Lipinski definition) is 3. The van der Waals surface area contributed by atoms with Gasteiger partial charge in [0, 0.05) is 18.5 Å². The summed E-state index contributed by atoms with van der Waals surface area (Å²) in [5.74, 6) is 0.560. The summed E-state index contributed by atoms with van der Waals surface area (Å²) in [6.45, 7) is 0. The van der Waals surface area contributed by atoms with Crippen LogP contribution in [0.1, 0.15) is 15.9 Å². The molecule has 0 aliphatic rings. The van der Waals surface area contributed by atoms with Crippen LogP contribution in [-0.2, 0) is 12.9 Å². The molecule has 0 radical (unpaired) electrons. The number of alkyl halides is 1. The first-order valence-corrected chi connectivity index (χ1v) is 5.54. The third kappa shape index (κ3) is 2.62. The molecule has 0 fully saturated rings. The van der Waals surface area contributed by atoms with Gasteiger partial charge in [-0.05, 0) is 17.7 Å². The van der Waals surface area contributed by atoms with Gasteiger partial charge in [-0.3, -0.25) is 10.1 Å². The van der Waals surface area contributed by atoms with E-state index in [1.807, 2.05) is 6.07 Å². The molecule has 0 unspecified atom stereocenters. The third-order valence-electron chi connectivity index (χ3n) is 2.28. The quantitative estimate of drug-likeness (QED) is 0.845. The molecule has 0 atom stereocenters. The lowest BCUT2D eigenvalue weighted by Gasteiger charge is -2.04. The van der Waals surface area contributed by atoms with E-state index >= 15 is 0 Å². The normalized spacial score (nSPS) is 10.2. The minimum Gasteiger partial charge on any atom is -0.291 e. The lowest BCUT2D eigenvalue weighted by atomic mass is 10.1. The molecule has 2 rings (SSSR count). The number of benzene rings is 1. The van der Waals surface area contributed by atoms with Crippen molar-refractivity contribution in [1.82, 2.24) is 14.8 Å². The minimum atomic E-state index is -0.229. The van der Waals surface area contributed by atoms with Crippen LogP contribution in [0, 0.1) is 0 Å². The molecular formula is C11H11ClN4O. The largest absolute Gasteiger partial charge is 0.291 e. The maximum Gasteiger partial charge on any atom is 0.258 e. The molecule has 0 aliphatic heterocycles. The fraction of sp³-hybridized carbons (Fsp3) is 0.182. The molecule has 0 aliphatic carbocycles. The number of nitrogens with zero attached hydrogens (tertiary/aromatic N) is 3. The number of aromatic nitrogens is 3. The van der Waals surface area contributed by atoms with Crippen molar-refractivity contribution in [1.29, 1.82) is 0 Å². The first-order valence-electron chi connectivity index (χ1n) is 5.01. The van der Waals surface area contributed by atoms with Crippen LogP contribution < -0.4 is 5.32 Å². The highest BCUT2D eigenvalue weighted by molar-refractivity contribution is 6.17. The van der Waals surface area contributed by atoms with Gasteiger partial charge in [0.25, 0.3) is 5.91 Å². The second-order valence-electron chi connectivity index (χ2n) is 3.50. The molecule has 1 aromatic carbocycles. The Morgan fingerprint density at radius 3 is 3.00 bits per heavy atom. The van der Waals surface area contributed by atoms with Gasteiger partial charge in [0.2, 0.25) is 5.95 Å². The smallest absolute Gasteiger partial charge is 0.258 e. The van der Waals surface area contributed by atoms with Gasteiger partial charge in [-0.1, -0.05) is 12.1 Å². The zero-order valence-corrected chi connectivity index (χ0v) is 9.98. The van der Waals surface area contributed by atoms with E-state index in [9.17, 15) is 4.79 Å². The van der Waals surface area contributed by atoms with E-state index in [1.54, 1.807) is 25.2 Å². The average molecular weight is 251 g/mol. The Morgan fingerprint density at radius 2 is 2.35 bits per heavy atom. The second kappa shape index (κ2) is 4.97.